The van der Waals surface area contributed by atoms with Crippen molar-refractivity contribution in [2.24, 2.45) is 0 Å². The van der Waals surface area contributed by atoms with Crippen molar-refractivity contribution in [3.05, 3.63) is 59.5 Å². The number of aliphatic hydroxyl groups is 1. The van der Waals surface area contributed by atoms with E-state index in [2.05, 4.69) is 0 Å². The van der Waals surface area contributed by atoms with Crippen molar-refractivity contribution in [3.63, 3.8) is 0 Å². The summed E-state index contributed by atoms with van der Waals surface area (Å²) in [6.45, 7) is 2.73. The van der Waals surface area contributed by atoms with Crippen LogP contribution in [-0.4, -0.2) is 28.5 Å². The predicted molar refractivity (Wildman–Crippen MR) is 88.2 cm³/mol. The van der Waals surface area contributed by atoms with E-state index < -0.39 is 6.10 Å². The first kappa shape index (κ1) is 15.8. The third kappa shape index (κ3) is 3.48. The summed E-state index contributed by atoms with van der Waals surface area (Å²) in [6.07, 6.45) is 2.70. The van der Waals surface area contributed by atoms with E-state index >= 15 is 0 Å². The van der Waals surface area contributed by atoms with Crippen molar-refractivity contribution in [2.75, 3.05) is 6.54 Å². The van der Waals surface area contributed by atoms with Crippen molar-refractivity contribution >= 4 is 5.91 Å². The van der Waals surface area contributed by atoms with Gasteiger partial charge in [0.15, 0.2) is 5.76 Å². The number of furan rings is 1. The molecule has 4 heteroatoms. The topological polar surface area (TPSA) is 53.7 Å². The van der Waals surface area contributed by atoms with Gasteiger partial charge in [0.2, 0.25) is 0 Å². The summed E-state index contributed by atoms with van der Waals surface area (Å²) in [6, 6.07) is 13.3. The molecule has 23 heavy (non-hydrogen) atoms. The molecule has 1 aromatic carbocycles. The number of benzene rings is 1. The number of amides is 1. The Morgan fingerprint density at radius 3 is 2.78 bits per heavy atom. The molecule has 0 spiro atoms. The van der Waals surface area contributed by atoms with Crippen LogP contribution in [0.1, 0.15) is 54.2 Å². The Labute approximate surface area is 136 Å². The summed E-state index contributed by atoms with van der Waals surface area (Å²) in [5.74, 6) is 1.17. The van der Waals surface area contributed by atoms with Gasteiger partial charge in [0.1, 0.15) is 5.76 Å². The number of likely N-dealkylation sites (tertiary alicyclic amines) is 1. The highest BCUT2D eigenvalue weighted by Gasteiger charge is 2.32. The largest absolute Gasteiger partial charge is 0.456 e. The predicted octanol–water partition coefficient (Wildman–Crippen LogP) is 3.57. The molecule has 1 aliphatic rings. The summed E-state index contributed by atoms with van der Waals surface area (Å²) < 4.78 is 5.59. The number of aliphatic hydroxyl groups excluding tert-OH is 1. The summed E-state index contributed by atoms with van der Waals surface area (Å²) in [4.78, 5) is 14.5. The minimum absolute atomic E-state index is 0.0625. The molecule has 2 heterocycles. The molecule has 0 bridgehead atoms. The van der Waals surface area contributed by atoms with Gasteiger partial charge in [0.25, 0.3) is 5.91 Å². The zero-order chi connectivity index (χ0) is 16.2. The van der Waals surface area contributed by atoms with E-state index in [4.69, 9.17) is 4.42 Å². The third-order valence-electron chi connectivity index (χ3n) is 4.54. The van der Waals surface area contributed by atoms with Gasteiger partial charge in [0, 0.05) is 19.0 Å². The number of nitrogens with zero attached hydrogens (tertiary/aromatic N) is 1. The molecule has 0 aliphatic carbocycles. The summed E-state index contributed by atoms with van der Waals surface area (Å²) >= 11 is 0. The third-order valence-corrected chi connectivity index (χ3v) is 4.54. The first-order valence-electron chi connectivity index (χ1n) is 8.31. The first-order chi connectivity index (χ1) is 11.2. The van der Waals surface area contributed by atoms with Gasteiger partial charge in [-0.05, 0) is 37.0 Å². The Morgan fingerprint density at radius 2 is 2.09 bits per heavy atom. The number of hydrogen-bond donors (Lipinski definition) is 1. The van der Waals surface area contributed by atoms with Crippen LogP contribution in [0.4, 0.5) is 0 Å². The Balaban J connectivity index is 1.69. The van der Waals surface area contributed by atoms with E-state index in [9.17, 15) is 9.90 Å². The quantitative estimate of drug-likeness (QED) is 0.918. The lowest BCUT2D eigenvalue weighted by Crippen LogP contribution is -2.36. The molecule has 0 radical (unpaired) electrons. The van der Waals surface area contributed by atoms with Gasteiger partial charge in [0.05, 0.1) is 6.10 Å². The highest BCUT2D eigenvalue weighted by atomic mass is 16.4. The minimum atomic E-state index is -0.544. The molecule has 1 aliphatic heterocycles. The SMILES string of the molecule is CCc1ccc(C(=O)N2CCCC2CC(O)c2ccccc2)o1. The fourth-order valence-corrected chi connectivity index (χ4v) is 3.24. The van der Waals surface area contributed by atoms with Gasteiger partial charge in [-0.25, -0.2) is 0 Å². The number of rotatable bonds is 5. The molecule has 122 valence electrons. The standard InChI is InChI=1S/C19H23NO3/c1-2-16-10-11-18(23-16)19(22)20-12-6-9-15(20)13-17(21)14-7-4-3-5-8-14/h3-5,7-8,10-11,15,17,21H,2,6,9,12-13H2,1H3. The fourth-order valence-electron chi connectivity index (χ4n) is 3.24. The zero-order valence-electron chi connectivity index (χ0n) is 13.4. The van der Waals surface area contributed by atoms with Crippen LogP contribution in [-0.2, 0) is 6.42 Å². The number of aryl methyl sites for hydroxylation is 1. The van der Waals surface area contributed by atoms with Crippen molar-refractivity contribution in [1.82, 2.24) is 4.90 Å². The van der Waals surface area contributed by atoms with Gasteiger partial charge in [-0.1, -0.05) is 37.3 Å². The Morgan fingerprint density at radius 1 is 1.30 bits per heavy atom. The maximum absolute atomic E-state index is 12.7. The Kier molecular flexibility index (Phi) is 4.82. The van der Waals surface area contributed by atoms with Crippen molar-refractivity contribution < 1.29 is 14.3 Å². The second kappa shape index (κ2) is 7.01. The van der Waals surface area contributed by atoms with Gasteiger partial charge in [-0.3, -0.25) is 4.79 Å². The second-order valence-corrected chi connectivity index (χ2v) is 6.08. The molecule has 1 amide bonds. The van der Waals surface area contributed by atoms with Crippen LogP contribution >= 0.6 is 0 Å². The van der Waals surface area contributed by atoms with E-state index in [0.717, 1.165) is 37.1 Å². The maximum atomic E-state index is 12.7. The molecule has 0 saturated carbocycles. The highest BCUT2D eigenvalue weighted by Crippen LogP contribution is 2.28. The van der Waals surface area contributed by atoms with E-state index in [1.165, 1.54) is 0 Å². The van der Waals surface area contributed by atoms with E-state index in [-0.39, 0.29) is 11.9 Å². The molecule has 1 aromatic heterocycles. The molecular weight excluding hydrogens is 290 g/mol. The molecule has 2 atom stereocenters. The van der Waals surface area contributed by atoms with Crippen molar-refractivity contribution in [3.8, 4) is 0 Å². The van der Waals surface area contributed by atoms with E-state index in [1.807, 2.05) is 48.2 Å². The van der Waals surface area contributed by atoms with Crippen LogP contribution in [0.2, 0.25) is 0 Å². The van der Waals surface area contributed by atoms with E-state index in [0.29, 0.717) is 12.2 Å². The van der Waals surface area contributed by atoms with Crippen LogP contribution in [0.3, 0.4) is 0 Å². The second-order valence-electron chi connectivity index (χ2n) is 6.08. The zero-order valence-corrected chi connectivity index (χ0v) is 13.4. The first-order valence-corrected chi connectivity index (χ1v) is 8.31. The summed E-state index contributed by atoms with van der Waals surface area (Å²) in [5, 5.41) is 10.4. The van der Waals surface area contributed by atoms with E-state index in [1.54, 1.807) is 6.07 Å². The number of hydrogen-bond acceptors (Lipinski definition) is 3. The lowest BCUT2D eigenvalue weighted by molar-refractivity contribution is 0.0635. The van der Waals surface area contributed by atoms with Crippen LogP contribution in [0.5, 0.6) is 0 Å². The van der Waals surface area contributed by atoms with Crippen LogP contribution in [0.15, 0.2) is 46.9 Å². The van der Waals surface area contributed by atoms with Crippen LogP contribution in [0.25, 0.3) is 0 Å². The van der Waals surface area contributed by atoms with Gasteiger partial charge < -0.3 is 14.4 Å². The molecule has 2 unspecified atom stereocenters. The molecule has 1 fully saturated rings. The molecule has 2 aromatic rings. The highest BCUT2D eigenvalue weighted by molar-refractivity contribution is 5.92. The molecular formula is C19H23NO3. The lowest BCUT2D eigenvalue weighted by Gasteiger charge is -2.26. The Hall–Kier alpha value is -2.07. The molecule has 1 N–H and O–H groups in total. The smallest absolute Gasteiger partial charge is 0.289 e. The van der Waals surface area contributed by atoms with Gasteiger partial charge in [-0.2, -0.15) is 0 Å². The maximum Gasteiger partial charge on any atom is 0.289 e. The Bertz CT molecular complexity index is 650. The van der Waals surface area contributed by atoms with Crippen LogP contribution < -0.4 is 0 Å². The number of carbonyl (C=O) groups is 1. The molecule has 1 saturated heterocycles. The average Bonchev–Trinajstić information content (AvgIpc) is 3.24. The average molecular weight is 313 g/mol. The van der Waals surface area contributed by atoms with Crippen molar-refractivity contribution in [2.45, 2.75) is 44.8 Å². The lowest BCUT2D eigenvalue weighted by atomic mass is 10.0. The fraction of sp³-hybridized carbons (Fsp3) is 0.421. The minimum Gasteiger partial charge on any atom is -0.456 e. The normalized spacial score (nSPS) is 19.0. The molecule has 3 rings (SSSR count). The summed E-state index contributed by atoms with van der Waals surface area (Å²) in [5.41, 5.74) is 0.901. The van der Waals surface area contributed by atoms with Gasteiger partial charge in [-0.15, -0.1) is 0 Å². The molecule has 4 nitrogen and oxygen atoms in total. The summed E-state index contributed by atoms with van der Waals surface area (Å²) in [7, 11) is 0. The van der Waals surface area contributed by atoms with Crippen LogP contribution in [0, 0.1) is 0 Å². The monoisotopic (exact) mass is 313 g/mol. The number of carbonyl (C=O) groups excluding carboxylic acids is 1. The van der Waals surface area contributed by atoms with Crippen molar-refractivity contribution in [1.29, 1.82) is 0 Å². The van der Waals surface area contributed by atoms with Gasteiger partial charge >= 0.3 is 0 Å².